The van der Waals surface area contributed by atoms with Gasteiger partial charge in [0.2, 0.25) is 0 Å². The Morgan fingerprint density at radius 2 is 1.84 bits per heavy atom. The van der Waals surface area contributed by atoms with Crippen LogP contribution in [0, 0.1) is 5.82 Å². The number of nitrogens with one attached hydrogen (secondary N) is 1. The van der Waals surface area contributed by atoms with Gasteiger partial charge in [-0.05, 0) is 48.9 Å². The van der Waals surface area contributed by atoms with Crippen molar-refractivity contribution >= 4 is 11.8 Å². The van der Waals surface area contributed by atoms with Crippen molar-refractivity contribution < 1.29 is 4.39 Å². The summed E-state index contributed by atoms with van der Waals surface area (Å²) in [6, 6.07) is 15.1. The maximum Gasteiger partial charge on any atom is 0.124 e. The highest BCUT2D eigenvalue weighted by atomic mass is 32.2. The van der Waals surface area contributed by atoms with Crippen molar-refractivity contribution in [1.29, 1.82) is 0 Å². The average molecular weight is 275 g/mol. The maximum absolute atomic E-state index is 13.1. The topological polar surface area (TPSA) is 12.0 Å². The molecule has 19 heavy (non-hydrogen) atoms. The van der Waals surface area contributed by atoms with Crippen LogP contribution in [0.2, 0.25) is 0 Å². The molecule has 100 valence electrons. The molecule has 2 aromatic rings. The SMILES string of the molecule is CCCNCc1ccc(Sc2cccc(F)c2)cc1. The maximum atomic E-state index is 13.1. The highest BCUT2D eigenvalue weighted by Gasteiger charge is 1.99. The van der Waals surface area contributed by atoms with Crippen LogP contribution in [0.4, 0.5) is 4.39 Å². The molecule has 0 saturated heterocycles. The van der Waals surface area contributed by atoms with E-state index >= 15 is 0 Å². The Hall–Kier alpha value is -1.32. The second-order valence-corrected chi connectivity index (χ2v) is 5.53. The van der Waals surface area contributed by atoms with Crippen molar-refractivity contribution in [2.45, 2.75) is 29.7 Å². The molecule has 3 heteroatoms. The van der Waals surface area contributed by atoms with E-state index < -0.39 is 0 Å². The zero-order valence-corrected chi connectivity index (χ0v) is 11.8. The van der Waals surface area contributed by atoms with Gasteiger partial charge in [0.15, 0.2) is 0 Å². The molecule has 0 radical (unpaired) electrons. The Morgan fingerprint density at radius 3 is 2.53 bits per heavy atom. The summed E-state index contributed by atoms with van der Waals surface area (Å²) in [5, 5.41) is 3.37. The Kier molecular flexibility index (Phi) is 5.43. The van der Waals surface area contributed by atoms with E-state index in [4.69, 9.17) is 0 Å². The van der Waals surface area contributed by atoms with E-state index in [9.17, 15) is 4.39 Å². The van der Waals surface area contributed by atoms with Gasteiger partial charge in [-0.1, -0.05) is 36.9 Å². The normalized spacial score (nSPS) is 10.6. The van der Waals surface area contributed by atoms with Gasteiger partial charge in [0.05, 0.1) is 0 Å². The van der Waals surface area contributed by atoms with Gasteiger partial charge < -0.3 is 5.32 Å². The molecular formula is C16H18FNS. The second kappa shape index (κ2) is 7.31. The van der Waals surface area contributed by atoms with Crippen LogP contribution in [-0.2, 0) is 6.54 Å². The quantitative estimate of drug-likeness (QED) is 0.780. The van der Waals surface area contributed by atoms with E-state index in [0.29, 0.717) is 0 Å². The van der Waals surface area contributed by atoms with E-state index in [0.717, 1.165) is 29.3 Å². The van der Waals surface area contributed by atoms with Gasteiger partial charge in [-0.2, -0.15) is 0 Å². The van der Waals surface area contributed by atoms with Crippen LogP contribution in [0.3, 0.4) is 0 Å². The van der Waals surface area contributed by atoms with E-state index in [-0.39, 0.29) is 5.82 Å². The summed E-state index contributed by atoms with van der Waals surface area (Å²) in [6.07, 6.45) is 1.15. The van der Waals surface area contributed by atoms with Crippen LogP contribution in [0.5, 0.6) is 0 Å². The molecule has 0 unspecified atom stereocenters. The molecule has 0 fully saturated rings. The van der Waals surface area contributed by atoms with Crippen LogP contribution in [0.15, 0.2) is 58.3 Å². The van der Waals surface area contributed by atoms with Gasteiger partial charge in [-0.3, -0.25) is 0 Å². The fraction of sp³-hybridized carbons (Fsp3) is 0.250. The molecule has 0 aliphatic rings. The highest BCUT2D eigenvalue weighted by molar-refractivity contribution is 7.99. The third-order valence-corrected chi connectivity index (χ3v) is 3.71. The van der Waals surface area contributed by atoms with E-state index in [1.165, 1.54) is 11.6 Å². The molecule has 1 nitrogen and oxygen atoms in total. The minimum absolute atomic E-state index is 0.189. The monoisotopic (exact) mass is 275 g/mol. The molecule has 0 aromatic heterocycles. The Labute approximate surface area is 118 Å². The van der Waals surface area contributed by atoms with Gasteiger partial charge in [-0.15, -0.1) is 0 Å². The van der Waals surface area contributed by atoms with Crippen molar-refractivity contribution in [2.24, 2.45) is 0 Å². The van der Waals surface area contributed by atoms with E-state index in [1.54, 1.807) is 23.9 Å². The minimum atomic E-state index is -0.189. The molecule has 0 bridgehead atoms. The van der Waals surface area contributed by atoms with Crippen LogP contribution in [0.25, 0.3) is 0 Å². The van der Waals surface area contributed by atoms with Crippen molar-refractivity contribution in [3.05, 3.63) is 59.9 Å². The Bertz CT molecular complexity index is 510. The largest absolute Gasteiger partial charge is 0.313 e. The summed E-state index contributed by atoms with van der Waals surface area (Å²) in [4.78, 5) is 2.06. The average Bonchev–Trinajstić information content (AvgIpc) is 2.41. The van der Waals surface area contributed by atoms with E-state index in [2.05, 4.69) is 36.5 Å². The zero-order chi connectivity index (χ0) is 13.5. The molecule has 0 amide bonds. The van der Waals surface area contributed by atoms with Crippen LogP contribution < -0.4 is 5.32 Å². The lowest BCUT2D eigenvalue weighted by atomic mass is 10.2. The smallest absolute Gasteiger partial charge is 0.124 e. The van der Waals surface area contributed by atoms with Crippen LogP contribution >= 0.6 is 11.8 Å². The molecule has 0 spiro atoms. The molecule has 0 aliphatic heterocycles. The summed E-state index contributed by atoms with van der Waals surface area (Å²) < 4.78 is 13.1. The first-order chi connectivity index (χ1) is 9.28. The first-order valence-electron chi connectivity index (χ1n) is 6.51. The predicted octanol–water partition coefficient (Wildman–Crippen LogP) is 4.48. The molecular weight excluding hydrogens is 257 g/mol. The molecule has 0 saturated carbocycles. The number of benzene rings is 2. The number of halogens is 1. The van der Waals surface area contributed by atoms with E-state index in [1.807, 2.05) is 6.07 Å². The summed E-state index contributed by atoms with van der Waals surface area (Å²) in [5.41, 5.74) is 1.28. The van der Waals surface area contributed by atoms with Crippen molar-refractivity contribution in [1.82, 2.24) is 5.32 Å². The molecule has 0 atom stereocenters. The minimum Gasteiger partial charge on any atom is -0.313 e. The van der Waals surface area contributed by atoms with Gasteiger partial charge in [0.1, 0.15) is 5.82 Å². The molecule has 1 N–H and O–H groups in total. The van der Waals surface area contributed by atoms with Gasteiger partial charge in [0, 0.05) is 16.3 Å². The first-order valence-corrected chi connectivity index (χ1v) is 7.32. The number of hydrogen-bond acceptors (Lipinski definition) is 2. The third kappa shape index (κ3) is 4.69. The molecule has 2 aromatic carbocycles. The third-order valence-electron chi connectivity index (χ3n) is 2.71. The second-order valence-electron chi connectivity index (χ2n) is 4.38. The molecule has 0 aliphatic carbocycles. The first kappa shape index (κ1) is 14.1. The summed E-state index contributed by atoms with van der Waals surface area (Å²) in [5.74, 6) is -0.189. The highest BCUT2D eigenvalue weighted by Crippen LogP contribution is 2.28. The van der Waals surface area contributed by atoms with Crippen LogP contribution in [-0.4, -0.2) is 6.54 Å². The van der Waals surface area contributed by atoms with Crippen molar-refractivity contribution in [3.8, 4) is 0 Å². The lowest BCUT2D eigenvalue weighted by Gasteiger charge is -2.05. The zero-order valence-electron chi connectivity index (χ0n) is 11.0. The number of hydrogen-bond donors (Lipinski definition) is 1. The molecule has 0 heterocycles. The molecule has 2 rings (SSSR count). The Morgan fingerprint density at radius 1 is 1.05 bits per heavy atom. The summed E-state index contributed by atoms with van der Waals surface area (Å²) >= 11 is 1.58. The van der Waals surface area contributed by atoms with Crippen LogP contribution in [0.1, 0.15) is 18.9 Å². The predicted molar refractivity (Wildman–Crippen MR) is 79.0 cm³/mol. The van der Waals surface area contributed by atoms with Gasteiger partial charge >= 0.3 is 0 Å². The lowest BCUT2D eigenvalue weighted by Crippen LogP contribution is -2.13. The fourth-order valence-corrected chi connectivity index (χ4v) is 2.61. The lowest BCUT2D eigenvalue weighted by molar-refractivity contribution is 0.624. The van der Waals surface area contributed by atoms with Gasteiger partial charge in [-0.25, -0.2) is 4.39 Å². The number of rotatable bonds is 6. The van der Waals surface area contributed by atoms with Crippen molar-refractivity contribution in [3.63, 3.8) is 0 Å². The Balaban J connectivity index is 1.95. The standard InChI is InChI=1S/C16H18FNS/c1-2-10-18-12-13-6-8-15(9-7-13)19-16-5-3-4-14(17)11-16/h3-9,11,18H,2,10,12H2,1H3. The fourth-order valence-electron chi connectivity index (χ4n) is 1.75. The summed E-state index contributed by atoms with van der Waals surface area (Å²) in [6.45, 7) is 4.10. The summed E-state index contributed by atoms with van der Waals surface area (Å²) in [7, 11) is 0. The van der Waals surface area contributed by atoms with Crippen molar-refractivity contribution in [2.75, 3.05) is 6.54 Å². The van der Waals surface area contributed by atoms with Gasteiger partial charge in [0.25, 0.3) is 0 Å².